The Balaban J connectivity index is 1.81. The minimum absolute atomic E-state index is 0.297. The normalized spacial score (nSPS) is 28.1. The summed E-state index contributed by atoms with van der Waals surface area (Å²) in [5.41, 5.74) is 0.297. The molecule has 0 bridgehead atoms. The molecular weight excluding hydrogens is 234 g/mol. The third-order valence-electron chi connectivity index (χ3n) is 5.00. The Morgan fingerprint density at radius 3 is 2.53 bits per heavy atom. The van der Waals surface area contributed by atoms with Gasteiger partial charge in [-0.2, -0.15) is 0 Å². The van der Waals surface area contributed by atoms with E-state index in [-0.39, 0.29) is 0 Å². The van der Waals surface area contributed by atoms with Gasteiger partial charge in [-0.05, 0) is 64.0 Å². The highest BCUT2D eigenvalue weighted by molar-refractivity contribution is 4.91. The van der Waals surface area contributed by atoms with Crippen LogP contribution in [-0.2, 0) is 4.74 Å². The van der Waals surface area contributed by atoms with E-state index >= 15 is 0 Å². The van der Waals surface area contributed by atoms with Crippen LogP contribution in [0.3, 0.4) is 0 Å². The number of nitrogens with one attached hydrogen (secondary N) is 1. The standard InChI is InChI=1S/C17H33NO/c1-14(2)11-15(13-18-3)12-16-7-10-17(19-16)8-5-4-6-9-17/h14-16,18H,4-13H2,1-3H3. The highest BCUT2D eigenvalue weighted by Crippen LogP contribution is 2.43. The van der Waals surface area contributed by atoms with Crippen molar-refractivity contribution in [1.82, 2.24) is 5.32 Å². The summed E-state index contributed by atoms with van der Waals surface area (Å²) >= 11 is 0. The van der Waals surface area contributed by atoms with Crippen molar-refractivity contribution in [3.05, 3.63) is 0 Å². The van der Waals surface area contributed by atoms with Crippen LogP contribution >= 0.6 is 0 Å². The van der Waals surface area contributed by atoms with E-state index in [9.17, 15) is 0 Å². The van der Waals surface area contributed by atoms with E-state index in [2.05, 4.69) is 26.2 Å². The average molecular weight is 267 g/mol. The molecule has 1 aliphatic carbocycles. The number of ether oxygens (including phenoxy) is 1. The predicted molar refractivity (Wildman–Crippen MR) is 81.4 cm³/mol. The van der Waals surface area contributed by atoms with Gasteiger partial charge in [0.25, 0.3) is 0 Å². The number of hydrogen-bond donors (Lipinski definition) is 1. The summed E-state index contributed by atoms with van der Waals surface area (Å²) in [7, 11) is 2.07. The van der Waals surface area contributed by atoms with Crippen LogP contribution in [0.25, 0.3) is 0 Å². The van der Waals surface area contributed by atoms with Crippen LogP contribution in [0, 0.1) is 11.8 Å². The van der Waals surface area contributed by atoms with E-state index in [1.807, 2.05) is 0 Å². The van der Waals surface area contributed by atoms with Crippen molar-refractivity contribution in [3.63, 3.8) is 0 Å². The highest BCUT2D eigenvalue weighted by Gasteiger charge is 2.41. The molecule has 0 aromatic rings. The second-order valence-corrected chi connectivity index (χ2v) is 7.31. The molecule has 0 radical (unpaired) electrons. The molecule has 2 unspecified atom stereocenters. The third kappa shape index (κ3) is 4.46. The van der Waals surface area contributed by atoms with Gasteiger partial charge in [-0.1, -0.05) is 33.1 Å². The lowest BCUT2D eigenvalue weighted by molar-refractivity contribution is -0.0702. The van der Waals surface area contributed by atoms with Crippen LogP contribution in [-0.4, -0.2) is 25.3 Å². The number of hydrogen-bond acceptors (Lipinski definition) is 2. The molecule has 112 valence electrons. The van der Waals surface area contributed by atoms with Crippen LogP contribution in [0.2, 0.25) is 0 Å². The van der Waals surface area contributed by atoms with Crippen LogP contribution in [0.5, 0.6) is 0 Å². The smallest absolute Gasteiger partial charge is 0.0687 e. The second kappa shape index (κ2) is 7.08. The molecule has 1 saturated heterocycles. The largest absolute Gasteiger partial charge is 0.372 e. The molecule has 0 aromatic heterocycles. The van der Waals surface area contributed by atoms with Crippen molar-refractivity contribution in [1.29, 1.82) is 0 Å². The Morgan fingerprint density at radius 2 is 1.89 bits per heavy atom. The molecular formula is C17H33NO. The topological polar surface area (TPSA) is 21.3 Å². The van der Waals surface area contributed by atoms with Gasteiger partial charge in [-0.25, -0.2) is 0 Å². The first-order chi connectivity index (χ1) is 9.13. The maximum absolute atomic E-state index is 6.52. The summed E-state index contributed by atoms with van der Waals surface area (Å²) in [5.74, 6) is 1.58. The molecule has 2 fully saturated rings. The van der Waals surface area contributed by atoms with Crippen molar-refractivity contribution < 1.29 is 4.74 Å². The van der Waals surface area contributed by atoms with Gasteiger partial charge in [0.1, 0.15) is 0 Å². The molecule has 2 heteroatoms. The van der Waals surface area contributed by atoms with Gasteiger partial charge < -0.3 is 10.1 Å². The Bertz CT molecular complexity index is 258. The lowest BCUT2D eigenvalue weighted by Crippen LogP contribution is -2.32. The quantitative estimate of drug-likeness (QED) is 0.781. The average Bonchev–Trinajstić information content (AvgIpc) is 2.72. The molecule has 1 heterocycles. The van der Waals surface area contributed by atoms with Gasteiger partial charge in [0.2, 0.25) is 0 Å². The van der Waals surface area contributed by atoms with Crippen molar-refractivity contribution in [2.75, 3.05) is 13.6 Å². The maximum atomic E-state index is 6.52. The van der Waals surface area contributed by atoms with Crippen molar-refractivity contribution in [2.24, 2.45) is 11.8 Å². The van der Waals surface area contributed by atoms with E-state index in [0.717, 1.165) is 18.4 Å². The first kappa shape index (κ1) is 15.3. The molecule has 0 aromatic carbocycles. The molecule has 1 N–H and O–H groups in total. The van der Waals surface area contributed by atoms with Gasteiger partial charge in [0.05, 0.1) is 11.7 Å². The fourth-order valence-corrected chi connectivity index (χ4v) is 4.22. The van der Waals surface area contributed by atoms with Gasteiger partial charge in [0, 0.05) is 0 Å². The van der Waals surface area contributed by atoms with E-state index in [1.54, 1.807) is 0 Å². The molecule has 2 aliphatic rings. The molecule has 1 spiro atoms. The molecule has 2 atom stereocenters. The summed E-state index contributed by atoms with van der Waals surface area (Å²) < 4.78 is 6.52. The molecule has 1 saturated carbocycles. The van der Waals surface area contributed by atoms with Crippen LogP contribution in [0.15, 0.2) is 0 Å². The zero-order valence-electron chi connectivity index (χ0n) is 13.2. The van der Waals surface area contributed by atoms with Crippen molar-refractivity contribution >= 4 is 0 Å². The maximum Gasteiger partial charge on any atom is 0.0687 e. The monoisotopic (exact) mass is 267 g/mol. The van der Waals surface area contributed by atoms with Gasteiger partial charge in [-0.15, -0.1) is 0 Å². The first-order valence-electron chi connectivity index (χ1n) is 8.46. The zero-order valence-corrected chi connectivity index (χ0v) is 13.2. The summed E-state index contributed by atoms with van der Waals surface area (Å²) in [4.78, 5) is 0. The van der Waals surface area contributed by atoms with Crippen LogP contribution in [0.4, 0.5) is 0 Å². The molecule has 2 rings (SSSR count). The summed E-state index contributed by atoms with van der Waals surface area (Å²) in [6.07, 6.45) is 12.6. The van der Waals surface area contributed by atoms with E-state index in [1.165, 1.54) is 57.8 Å². The highest BCUT2D eigenvalue weighted by atomic mass is 16.5. The van der Waals surface area contributed by atoms with E-state index in [4.69, 9.17) is 4.74 Å². The third-order valence-corrected chi connectivity index (χ3v) is 5.00. The summed E-state index contributed by atoms with van der Waals surface area (Å²) in [6.45, 7) is 5.81. The van der Waals surface area contributed by atoms with Gasteiger partial charge in [0.15, 0.2) is 0 Å². The van der Waals surface area contributed by atoms with E-state index < -0.39 is 0 Å². The zero-order chi connectivity index (χ0) is 13.7. The van der Waals surface area contributed by atoms with Crippen molar-refractivity contribution in [2.45, 2.75) is 83.3 Å². The van der Waals surface area contributed by atoms with E-state index in [0.29, 0.717) is 11.7 Å². The van der Waals surface area contributed by atoms with Gasteiger partial charge in [-0.3, -0.25) is 0 Å². The van der Waals surface area contributed by atoms with Crippen LogP contribution < -0.4 is 5.32 Å². The van der Waals surface area contributed by atoms with Crippen molar-refractivity contribution in [3.8, 4) is 0 Å². The minimum Gasteiger partial charge on any atom is -0.372 e. The Morgan fingerprint density at radius 1 is 1.16 bits per heavy atom. The fourth-order valence-electron chi connectivity index (χ4n) is 4.22. The summed E-state index contributed by atoms with van der Waals surface area (Å²) in [6, 6.07) is 0. The Labute approximate surface area is 119 Å². The fraction of sp³-hybridized carbons (Fsp3) is 1.00. The second-order valence-electron chi connectivity index (χ2n) is 7.31. The SMILES string of the molecule is CNCC(CC(C)C)CC1CCC2(CCCCC2)O1. The first-order valence-corrected chi connectivity index (χ1v) is 8.46. The number of rotatable bonds is 6. The molecule has 0 amide bonds. The molecule has 19 heavy (non-hydrogen) atoms. The van der Waals surface area contributed by atoms with Crippen LogP contribution in [0.1, 0.15) is 71.6 Å². The van der Waals surface area contributed by atoms with Gasteiger partial charge >= 0.3 is 0 Å². The Hall–Kier alpha value is -0.0800. The lowest BCUT2D eigenvalue weighted by Gasteiger charge is -2.34. The lowest BCUT2D eigenvalue weighted by atomic mass is 9.83. The summed E-state index contributed by atoms with van der Waals surface area (Å²) in [5, 5.41) is 3.36. The Kier molecular flexibility index (Phi) is 5.70. The minimum atomic E-state index is 0.297. The molecule has 1 aliphatic heterocycles. The predicted octanol–water partition coefficient (Wildman–Crippen LogP) is 4.14. The molecule has 2 nitrogen and oxygen atoms in total.